The zero-order valence-corrected chi connectivity index (χ0v) is 10.5. The van der Waals surface area contributed by atoms with Crippen molar-refractivity contribution < 1.29 is 4.74 Å². The lowest BCUT2D eigenvalue weighted by molar-refractivity contribution is 0.0772. The van der Waals surface area contributed by atoms with Crippen LogP contribution >= 0.6 is 0 Å². The topological polar surface area (TPSA) is 41.7 Å². The van der Waals surface area contributed by atoms with Crippen molar-refractivity contribution in [1.82, 2.24) is 9.80 Å². The molecule has 0 aliphatic carbocycles. The van der Waals surface area contributed by atoms with Crippen LogP contribution in [0.3, 0.4) is 0 Å². The minimum atomic E-state index is 0.244. The van der Waals surface area contributed by atoms with Crippen LogP contribution in [-0.2, 0) is 4.74 Å². The molecule has 2 fully saturated rings. The van der Waals surface area contributed by atoms with Gasteiger partial charge in [-0.3, -0.25) is 0 Å². The first kappa shape index (κ1) is 12.3. The van der Waals surface area contributed by atoms with Crippen LogP contribution in [-0.4, -0.2) is 68.8 Å². The molecular formula is C12H25N3O. The quantitative estimate of drug-likeness (QED) is 0.733. The van der Waals surface area contributed by atoms with Crippen LogP contribution in [0.25, 0.3) is 0 Å². The fourth-order valence-electron chi connectivity index (χ4n) is 2.74. The number of nitrogens with zero attached hydrogens (tertiary/aromatic N) is 2. The third kappa shape index (κ3) is 2.74. The molecule has 4 heteroatoms. The van der Waals surface area contributed by atoms with E-state index in [4.69, 9.17) is 10.5 Å². The Hall–Kier alpha value is -0.160. The summed E-state index contributed by atoms with van der Waals surface area (Å²) in [5.41, 5.74) is 6.17. The van der Waals surface area contributed by atoms with Gasteiger partial charge in [0.05, 0.1) is 6.61 Å². The monoisotopic (exact) mass is 227 g/mol. The van der Waals surface area contributed by atoms with E-state index in [9.17, 15) is 0 Å². The average molecular weight is 227 g/mol. The summed E-state index contributed by atoms with van der Waals surface area (Å²) in [5, 5.41) is 0. The number of piperazine rings is 1. The molecule has 94 valence electrons. The van der Waals surface area contributed by atoms with Gasteiger partial charge in [0.15, 0.2) is 0 Å². The Balaban J connectivity index is 1.81. The van der Waals surface area contributed by atoms with Gasteiger partial charge in [-0.05, 0) is 13.0 Å². The Labute approximate surface area is 98.7 Å². The van der Waals surface area contributed by atoms with Gasteiger partial charge in [-0.1, -0.05) is 6.92 Å². The lowest BCUT2D eigenvalue weighted by Gasteiger charge is -2.39. The van der Waals surface area contributed by atoms with Gasteiger partial charge in [0.2, 0.25) is 0 Å². The maximum Gasteiger partial charge on any atom is 0.0547 e. The van der Waals surface area contributed by atoms with Crippen LogP contribution in [0.15, 0.2) is 0 Å². The third-order valence-electron chi connectivity index (χ3n) is 4.09. The summed E-state index contributed by atoms with van der Waals surface area (Å²) in [5.74, 6) is 0. The van der Waals surface area contributed by atoms with Crippen LogP contribution < -0.4 is 5.73 Å². The third-order valence-corrected chi connectivity index (χ3v) is 4.09. The van der Waals surface area contributed by atoms with Crippen LogP contribution in [0.2, 0.25) is 0 Å². The molecule has 16 heavy (non-hydrogen) atoms. The summed E-state index contributed by atoms with van der Waals surface area (Å²) < 4.78 is 5.52. The minimum absolute atomic E-state index is 0.244. The standard InChI is InChI=1S/C12H25N3O/c1-2-14-4-6-15(7-5-14)10-12(9-13)3-8-16-11-12/h2-11,13H2,1H3. The van der Waals surface area contributed by atoms with Crippen LogP contribution in [0, 0.1) is 5.41 Å². The van der Waals surface area contributed by atoms with Gasteiger partial charge in [-0.2, -0.15) is 0 Å². The van der Waals surface area contributed by atoms with Crippen molar-refractivity contribution in [3.63, 3.8) is 0 Å². The van der Waals surface area contributed by atoms with E-state index in [0.717, 1.165) is 32.7 Å². The molecule has 0 aromatic rings. The van der Waals surface area contributed by atoms with Crippen molar-refractivity contribution in [3.8, 4) is 0 Å². The van der Waals surface area contributed by atoms with Gasteiger partial charge >= 0.3 is 0 Å². The number of likely N-dealkylation sites (N-methyl/N-ethyl adjacent to an activating group) is 1. The maximum absolute atomic E-state index is 5.92. The molecule has 0 bridgehead atoms. The van der Waals surface area contributed by atoms with Crippen molar-refractivity contribution in [1.29, 1.82) is 0 Å². The number of nitrogens with two attached hydrogens (primary N) is 1. The first-order valence-corrected chi connectivity index (χ1v) is 6.50. The van der Waals surface area contributed by atoms with Gasteiger partial charge < -0.3 is 20.3 Å². The smallest absolute Gasteiger partial charge is 0.0547 e. The Bertz CT molecular complexity index is 208. The summed E-state index contributed by atoms with van der Waals surface area (Å²) in [4.78, 5) is 5.07. The van der Waals surface area contributed by atoms with Crippen molar-refractivity contribution in [3.05, 3.63) is 0 Å². The van der Waals surface area contributed by atoms with Crippen molar-refractivity contribution in [2.45, 2.75) is 13.3 Å². The van der Waals surface area contributed by atoms with Gasteiger partial charge in [0.25, 0.3) is 0 Å². The second kappa shape index (κ2) is 5.45. The number of hydrogen-bond donors (Lipinski definition) is 1. The minimum Gasteiger partial charge on any atom is -0.381 e. The SMILES string of the molecule is CCN1CCN(CC2(CN)CCOC2)CC1. The normalized spacial score (nSPS) is 33.4. The fraction of sp³-hybridized carbons (Fsp3) is 1.00. The molecule has 1 unspecified atom stereocenters. The predicted molar refractivity (Wildman–Crippen MR) is 65.5 cm³/mol. The lowest BCUT2D eigenvalue weighted by Crippen LogP contribution is -2.51. The predicted octanol–water partition coefficient (Wildman–Crippen LogP) is -0.0107. The summed E-state index contributed by atoms with van der Waals surface area (Å²) >= 11 is 0. The summed E-state index contributed by atoms with van der Waals surface area (Å²) in [6, 6.07) is 0. The summed E-state index contributed by atoms with van der Waals surface area (Å²) in [6.07, 6.45) is 1.14. The van der Waals surface area contributed by atoms with Crippen LogP contribution in [0.4, 0.5) is 0 Å². The van der Waals surface area contributed by atoms with E-state index in [1.165, 1.54) is 32.7 Å². The van der Waals surface area contributed by atoms with Crippen molar-refractivity contribution in [2.75, 3.05) is 59.0 Å². The number of rotatable bonds is 4. The van der Waals surface area contributed by atoms with Crippen LogP contribution in [0.1, 0.15) is 13.3 Å². The Morgan fingerprint density at radius 2 is 1.88 bits per heavy atom. The molecule has 0 spiro atoms. The molecule has 0 aromatic carbocycles. The van der Waals surface area contributed by atoms with Gasteiger partial charge in [-0.25, -0.2) is 0 Å². The molecule has 2 aliphatic heterocycles. The molecule has 0 saturated carbocycles. The van der Waals surface area contributed by atoms with Crippen molar-refractivity contribution >= 4 is 0 Å². The van der Waals surface area contributed by atoms with Crippen LogP contribution in [0.5, 0.6) is 0 Å². The van der Waals surface area contributed by atoms with E-state index in [2.05, 4.69) is 16.7 Å². The van der Waals surface area contributed by atoms with Gasteiger partial charge in [0.1, 0.15) is 0 Å². The highest BCUT2D eigenvalue weighted by molar-refractivity contribution is 4.88. The highest BCUT2D eigenvalue weighted by Gasteiger charge is 2.35. The molecule has 0 aromatic heterocycles. The Morgan fingerprint density at radius 1 is 1.19 bits per heavy atom. The highest BCUT2D eigenvalue weighted by Crippen LogP contribution is 2.28. The van der Waals surface area contributed by atoms with E-state index in [0.29, 0.717) is 0 Å². The first-order valence-electron chi connectivity index (χ1n) is 6.50. The summed E-state index contributed by atoms with van der Waals surface area (Å²) in [7, 11) is 0. The van der Waals surface area contributed by atoms with Crippen molar-refractivity contribution in [2.24, 2.45) is 11.1 Å². The average Bonchev–Trinajstić information content (AvgIpc) is 2.79. The second-order valence-electron chi connectivity index (χ2n) is 5.22. The Morgan fingerprint density at radius 3 is 2.38 bits per heavy atom. The first-order chi connectivity index (χ1) is 7.78. The van der Waals surface area contributed by atoms with E-state index in [-0.39, 0.29) is 5.41 Å². The molecule has 0 amide bonds. The molecular weight excluding hydrogens is 202 g/mol. The highest BCUT2D eigenvalue weighted by atomic mass is 16.5. The maximum atomic E-state index is 5.92. The molecule has 2 N–H and O–H groups in total. The van der Waals surface area contributed by atoms with Gasteiger partial charge in [0, 0.05) is 51.3 Å². The molecule has 2 saturated heterocycles. The van der Waals surface area contributed by atoms with Gasteiger partial charge in [-0.15, -0.1) is 0 Å². The molecule has 4 nitrogen and oxygen atoms in total. The largest absolute Gasteiger partial charge is 0.381 e. The second-order valence-corrected chi connectivity index (χ2v) is 5.22. The molecule has 0 radical (unpaired) electrons. The van der Waals surface area contributed by atoms with E-state index in [1.54, 1.807) is 0 Å². The molecule has 2 aliphatic rings. The summed E-state index contributed by atoms with van der Waals surface area (Å²) in [6.45, 7) is 11.9. The molecule has 2 rings (SSSR count). The zero-order chi connectivity index (χ0) is 11.4. The molecule has 1 atom stereocenters. The van der Waals surface area contributed by atoms with E-state index < -0.39 is 0 Å². The zero-order valence-electron chi connectivity index (χ0n) is 10.5. The lowest BCUT2D eigenvalue weighted by atomic mass is 9.86. The Kier molecular flexibility index (Phi) is 4.19. The number of hydrogen-bond acceptors (Lipinski definition) is 4. The number of ether oxygens (including phenoxy) is 1. The fourth-order valence-corrected chi connectivity index (χ4v) is 2.74. The molecule has 2 heterocycles. The van der Waals surface area contributed by atoms with E-state index >= 15 is 0 Å². The van der Waals surface area contributed by atoms with E-state index in [1.807, 2.05) is 0 Å².